The van der Waals surface area contributed by atoms with Gasteiger partial charge >= 0.3 is 137 Å². The minimum absolute atomic E-state index is 0.0993. The van der Waals surface area contributed by atoms with Crippen LogP contribution in [0.5, 0.6) is 0 Å². The summed E-state index contributed by atoms with van der Waals surface area (Å²) in [5.74, 6) is 0.840. The van der Waals surface area contributed by atoms with Crippen LogP contribution in [0.15, 0.2) is 30.3 Å². The Morgan fingerprint density at radius 3 is 2.24 bits per heavy atom. The summed E-state index contributed by atoms with van der Waals surface area (Å²) in [7, 11) is 2.20. The van der Waals surface area contributed by atoms with Crippen LogP contribution in [0.4, 0.5) is 0 Å². The van der Waals surface area contributed by atoms with E-state index in [0.717, 1.165) is 5.93 Å². The summed E-state index contributed by atoms with van der Waals surface area (Å²) in [5.41, 5.74) is 0.651. The molecule has 1 aromatic carbocycles. The third-order valence-electron chi connectivity index (χ3n) is 1.85. The number of hydrogen-bond acceptors (Lipinski definition) is 4. The van der Waals surface area contributed by atoms with Crippen molar-refractivity contribution in [2.24, 2.45) is 0 Å². The molecule has 4 nitrogen and oxygen atoms in total. The minimum atomic E-state index is -0.581. The molecule has 0 atom stereocenters. The van der Waals surface area contributed by atoms with Crippen molar-refractivity contribution in [3.63, 3.8) is 0 Å². The van der Waals surface area contributed by atoms with Crippen LogP contribution < -0.4 is 4.72 Å². The van der Waals surface area contributed by atoms with Crippen molar-refractivity contribution in [3.05, 3.63) is 35.9 Å². The number of hydrogen-bond donors (Lipinski definition) is 1. The van der Waals surface area contributed by atoms with Gasteiger partial charge in [-0.05, 0) is 0 Å². The van der Waals surface area contributed by atoms with Crippen LogP contribution in [0, 0.1) is 0 Å². The molecular formula is C13H20NO3PS3. The number of benzene rings is 1. The van der Waals surface area contributed by atoms with Gasteiger partial charge in [-0.15, -0.1) is 0 Å². The first-order valence-electron chi connectivity index (χ1n) is 6.46. The van der Waals surface area contributed by atoms with Crippen LogP contribution in [0.3, 0.4) is 0 Å². The third kappa shape index (κ3) is 8.86. The maximum absolute atomic E-state index is 11.8. The second-order valence-electron chi connectivity index (χ2n) is 4.54. The average molecular weight is 365 g/mol. The van der Waals surface area contributed by atoms with Crippen LogP contribution in [-0.2, 0) is 19.0 Å². The molecule has 1 rings (SSSR count). The quantitative estimate of drug-likeness (QED) is 0.447. The van der Waals surface area contributed by atoms with Gasteiger partial charge in [0.15, 0.2) is 0 Å². The van der Waals surface area contributed by atoms with E-state index in [1.807, 2.05) is 45.9 Å². The molecule has 0 unspecified atom stereocenters. The van der Waals surface area contributed by atoms with Gasteiger partial charge in [0.1, 0.15) is 0 Å². The zero-order valence-electron chi connectivity index (χ0n) is 12.4. The van der Waals surface area contributed by atoms with E-state index >= 15 is 0 Å². The second-order valence-corrected chi connectivity index (χ2v) is 11.0. The van der Waals surface area contributed by atoms with E-state index in [1.165, 1.54) is 20.8 Å². The molecule has 0 aromatic heterocycles. The Morgan fingerprint density at radius 2 is 1.71 bits per heavy atom. The van der Waals surface area contributed by atoms with Crippen LogP contribution in [-0.4, -0.2) is 18.1 Å². The molecule has 118 valence electrons. The predicted octanol–water partition coefficient (Wildman–Crippen LogP) is 4.79. The maximum atomic E-state index is 11.8. The van der Waals surface area contributed by atoms with E-state index in [9.17, 15) is 4.79 Å². The van der Waals surface area contributed by atoms with Crippen molar-refractivity contribution in [2.45, 2.75) is 39.9 Å². The first kappa shape index (κ1) is 19.0. The third-order valence-corrected chi connectivity index (χ3v) is 8.97. The fourth-order valence-electron chi connectivity index (χ4n) is 1.13. The molecule has 0 spiro atoms. The van der Waals surface area contributed by atoms with Crippen molar-refractivity contribution >= 4 is 43.2 Å². The Labute approximate surface area is 136 Å². The molecule has 0 heterocycles. The molecule has 0 radical (unpaired) electrons. The van der Waals surface area contributed by atoms with Gasteiger partial charge in [0.05, 0.1) is 0 Å². The number of amides is 1. The molecule has 21 heavy (non-hydrogen) atoms. The van der Waals surface area contributed by atoms with Gasteiger partial charge < -0.3 is 0 Å². The standard InChI is InChI=1S/C13H20NO3PS3/c1-10(2)16-21(17-11(3)4)18-20-19-14-13(15)12-8-6-5-7-9-12/h5-11H,1-4H3,(H,14,15). The van der Waals surface area contributed by atoms with Crippen molar-refractivity contribution < 1.29 is 13.2 Å². The van der Waals surface area contributed by atoms with Gasteiger partial charge in [0.2, 0.25) is 0 Å². The second kappa shape index (κ2) is 10.6. The zero-order chi connectivity index (χ0) is 15.7. The Bertz CT molecular complexity index is 561. The molecule has 1 N–H and O–H groups in total. The normalized spacial score (nSPS) is 11.0. The topological polar surface area (TPSA) is 47.6 Å². The number of carbonyl (C=O) groups is 1. The summed E-state index contributed by atoms with van der Waals surface area (Å²) in [5, 5.41) is 0. The monoisotopic (exact) mass is 365 g/mol. The van der Waals surface area contributed by atoms with Crippen LogP contribution in [0.1, 0.15) is 38.1 Å². The van der Waals surface area contributed by atoms with Gasteiger partial charge in [-0.3, -0.25) is 0 Å². The van der Waals surface area contributed by atoms with Crippen LogP contribution in [0.25, 0.3) is 0 Å². The number of rotatable bonds is 6. The van der Waals surface area contributed by atoms with E-state index in [-0.39, 0.29) is 18.1 Å². The molecule has 0 aliphatic carbocycles. The average Bonchev–Trinajstić information content (AvgIpc) is 2.43. The molecule has 0 bridgehead atoms. The van der Waals surface area contributed by atoms with Crippen molar-refractivity contribution in [2.75, 3.05) is 0 Å². The van der Waals surface area contributed by atoms with Gasteiger partial charge in [0, 0.05) is 0 Å². The molecule has 0 saturated carbocycles. The molecular weight excluding hydrogens is 345 g/mol. The van der Waals surface area contributed by atoms with E-state index in [1.54, 1.807) is 12.1 Å². The van der Waals surface area contributed by atoms with Gasteiger partial charge in [-0.2, -0.15) is 0 Å². The van der Waals surface area contributed by atoms with Crippen LogP contribution >= 0.6 is 26.7 Å². The number of nitrogens with one attached hydrogen (secondary N) is 1. The Balaban J connectivity index is 2.62. The Kier molecular flexibility index (Phi) is 9.64. The SMILES string of the molecule is CC(C)OS(OC(C)C)=P#SSNC(=O)c1ccccc1. The van der Waals surface area contributed by atoms with E-state index in [2.05, 4.69) is 4.72 Å². The molecule has 0 fully saturated rings. The summed E-state index contributed by atoms with van der Waals surface area (Å²) in [6.45, 7) is 7.92. The van der Waals surface area contributed by atoms with Crippen molar-refractivity contribution in [1.82, 2.24) is 4.72 Å². The Hall–Kier alpha value is -0.0400. The fraction of sp³-hybridized carbons (Fsp3) is 0.462. The van der Waals surface area contributed by atoms with Crippen molar-refractivity contribution in [3.8, 4) is 0 Å². The molecule has 0 saturated heterocycles. The molecule has 1 amide bonds. The van der Waals surface area contributed by atoms with Gasteiger partial charge in [0.25, 0.3) is 0 Å². The van der Waals surface area contributed by atoms with Gasteiger partial charge in [-0.25, -0.2) is 0 Å². The van der Waals surface area contributed by atoms with E-state index in [4.69, 9.17) is 8.37 Å². The van der Waals surface area contributed by atoms with Gasteiger partial charge in [-0.1, -0.05) is 0 Å². The molecule has 1 aromatic rings. The van der Waals surface area contributed by atoms with E-state index < -0.39 is 10.6 Å². The summed E-state index contributed by atoms with van der Waals surface area (Å²) in [6.07, 6.45) is 0.230. The number of carbonyl (C=O) groups excluding carboxylic acids is 1. The summed E-state index contributed by atoms with van der Waals surface area (Å²) in [6, 6.07) is 9.14. The molecule has 0 aliphatic rings. The summed E-state index contributed by atoms with van der Waals surface area (Å²) in [4.78, 5) is 11.8. The van der Waals surface area contributed by atoms with E-state index in [0.29, 0.717) is 5.56 Å². The fourth-order valence-corrected chi connectivity index (χ4v) is 7.89. The predicted molar refractivity (Wildman–Crippen MR) is 95.8 cm³/mol. The molecule has 8 heteroatoms. The molecule has 0 aliphatic heterocycles. The first-order valence-corrected chi connectivity index (χ1v) is 11.8. The zero-order valence-corrected chi connectivity index (χ0v) is 15.8. The summed E-state index contributed by atoms with van der Waals surface area (Å²) >= 11 is 0. The van der Waals surface area contributed by atoms with Crippen molar-refractivity contribution in [1.29, 1.82) is 0 Å². The summed E-state index contributed by atoms with van der Waals surface area (Å²) < 4.78 is 14.2. The Morgan fingerprint density at radius 1 is 1.14 bits per heavy atom. The van der Waals surface area contributed by atoms with Crippen LogP contribution in [0.2, 0.25) is 0 Å². The first-order chi connectivity index (χ1) is 9.99.